The molecule has 0 bridgehead atoms. The lowest BCUT2D eigenvalue weighted by Crippen LogP contribution is -2.24. The summed E-state index contributed by atoms with van der Waals surface area (Å²) < 4.78 is 5.73. The fourth-order valence-electron chi connectivity index (χ4n) is 2.87. The van der Waals surface area contributed by atoms with Gasteiger partial charge >= 0.3 is 0 Å². The summed E-state index contributed by atoms with van der Waals surface area (Å²) in [6.45, 7) is 5.53. The first-order chi connectivity index (χ1) is 7.74. The molecule has 1 aliphatic heterocycles. The van der Waals surface area contributed by atoms with Crippen molar-refractivity contribution in [3.05, 3.63) is 12.2 Å². The third kappa shape index (κ3) is 3.62. The third-order valence-corrected chi connectivity index (χ3v) is 4.25. The van der Waals surface area contributed by atoms with Crippen LogP contribution in [0, 0.1) is 17.8 Å². The molecule has 2 aliphatic rings. The van der Waals surface area contributed by atoms with E-state index in [1.165, 1.54) is 38.5 Å². The van der Waals surface area contributed by atoms with Crippen LogP contribution >= 0.6 is 0 Å². The Labute approximate surface area is 100 Å². The van der Waals surface area contributed by atoms with E-state index in [0.29, 0.717) is 6.10 Å². The molecule has 1 nitrogen and oxygen atoms in total. The molecule has 2 rings (SSSR count). The number of hydrogen-bond acceptors (Lipinski definition) is 1. The van der Waals surface area contributed by atoms with E-state index in [2.05, 4.69) is 26.0 Å². The van der Waals surface area contributed by atoms with E-state index in [0.717, 1.165) is 24.4 Å². The summed E-state index contributed by atoms with van der Waals surface area (Å²) in [6.07, 6.45) is 13.6. The van der Waals surface area contributed by atoms with Crippen LogP contribution in [0.5, 0.6) is 0 Å². The maximum Gasteiger partial charge on any atom is 0.0547 e. The van der Waals surface area contributed by atoms with Crippen molar-refractivity contribution in [2.45, 2.75) is 58.5 Å². The minimum absolute atomic E-state index is 0.506. The highest BCUT2D eigenvalue weighted by molar-refractivity contribution is 4.96. The quantitative estimate of drug-likeness (QED) is 0.651. The molecule has 16 heavy (non-hydrogen) atoms. The monoisotopic (exact) mass is 222 g/mol. The molecule has 92 valence electrons. The molecular weight excluding hydrogens is 196 g/mol. The highest BCUT2D eigenvalue weighted by Gasteiger charge is 2.20. The maximum absolute atomic E-state index is 5.73. The van der Waals surface area contributed by atoms with E-state index < -0.39 is 0 Å². The van der Waals surface area contributed by atoms with Gasteiger partial charge in [0.25, 0.3) is 0 Å². The maximum atomic E-state index is 5.73. The van der Waals surface area contributed by atoms with Gasteiger partial charge in [-0.25, -0.2) is 0 Å². The Kier molecular flexibility index (Phi) is 4.45. The van der Waals surface area contributed by atoms with Gasteiger partial charge in [0.2, 0.25) is 0 Å². The van der Waals surface area contributed by atoms with E-state index in [4.69, 9.17) is 4.74 Å². The Hall–Kier alpha value is -0.300. The first-order valence-corrected chi connectivity index (χ1v) is 7.04. The lowest BCUT2D eigenvalue weighted by atomic mass is 9.84. The molecule has 1 saturated heterocycles. The fourth-order valence-corrected chi connectivity index (χ4v) is 2.87. The van der Waals surface area contributed by atoms with Gasteiger partial charge in [-0.2, -0.15) is 0 Å². The molecule has 1 fully saturated rings. The number of rotatable bonds is 3. The molecule has 1 heteroatoms. The molecule has 0 aromatic rings. The Bertz CT molecular complexity index is 226. The van der Waals surface area contributed by atoms with Crippen molar-refractivity contribution in [2.75, 3.05) is 6.61 Å². The van der Waals surface area contributed by atoms with Gasteiger partial charge in [-0.3, -0.25) is 0 Å². The SMILES string of the molecule is CC1C=CC(CCC2CCC(C)OC2)CC1. The van der Waals surface area contributed by atoms with E-state index >= 15 is 0 Å². The van der Waals surface area contributed by atoms with Crippen LogP contribution in [0.25, 0.3) is 0 Å². The Morgan fingerprint density at radius 2 is 1.88 bits per heavy atom. The highest BCUT2D eigenvalue weighted by Crippen LogP contribution is 2.29. The van der Waals surface area contributed by atoms with Crippen molar-refractivity contribution in [1.29, 1.82) is 0 Å². The van der Waals surface area contributed by atoms with Crippen LogP contribution in [0.4, 0.5) is 0 Å². The van der Waals surface area contributed by atoms with Crippen LogP contribution in [0.15, 0.2) is 12.2 Å². The standard InChI is InChI=1S/C15H26O/c1-12-3-6-14(7-4-12)9-10-15-8-5-13(2)16-11-15/h3,6,12-15H,4-5,7-11H2,1-2H3. The first kappa shape index (κ1) is 12.2. The second-order valence-electron chi connectivity index (χ2n) is 5.86. The molecule has 0 radical (unpaired) electrons. The van der Waals surface area contributed by atoms with Gasteiger partial charge in [0, 0.05) is 6.61 Å². The van der Waals surface area contributed by atoms with E-state index in [1.807, 2.05) is 0 Å². The van der Waals surface area contributed by atoms with E-state index in [1.54, 1.807) is 0 Å². The predicted octanol–water partition coefficient (Wildman–Crippen LogP) is 4.18. The van der Waals surface area contributed by atoms with Crippen molar-refractivity contribution < 1.29 is 4.74 Å². The van der Waals surface area contributed by atoms with Crippen LogP contribution in [-0.4, -0.2) is 12.7 Å². The van der Waals surface area contributed by atoms with Gasteiger partial charge in [0.05, 0.1) is 6.10 Å². The molecule has 0 spiro atoms. The Morgan fingerprint density at radius 3 is 2.50 bits per heavy atom. The van der Waals surface area contributed by atoms with Crippen molar-refractivity contribution in [3.8, 4) is 0 Å². The number of ether oxygens (including phenoxy) is 1. The van der Waals surface area contributed by atoms with Gasteiger partial charge in [-0.1, -0.05) is 19.1 Å². The van der Waals surface area contributed by atoms with Gasteiger partial charge in [-0.15, -0.1) is 0 Å². The summed E-state index contributed by atoms with van der Waals surface area (Å²) in [5.41, 5.74) is 0. The average molecular weight is 222 g/mol. The minimum Gasteiger partial charge on any atom is -0.378 e. The summed E-state index contributed by atoms with van der Waals surface area (Å²) in [5.74, 6) is 2.51. The lowest BCUT2D eigenvalue weighted by molar-refractivity contribution is -0.00834. The van der Waals surface area contributed by atoms with Crippen LogP contribution < -0.4 is 0 Å². The summed E-state index contributed by atoms with van der Waals surface area (Å²) >= 11 is 0. The van der Waals surface area contributed by atoms with Gasteiger partial charge in [-0.05, 0) is 63.2 Å². The summed E-state index contributed by atoms with van der Waals surface area (Å²) in [4.78, 5) is 0. The fraction of sp³-hybridized carbons (Fsp3) is 0.867. The molecule has 0 N–H and O–H groups in total. The molecule has 0 aromatic heterocycles. The topological polar surface area (TPSA) is 9.23 Å². The van der Waals surface area contributed by atoms with Crippen molar-refractivity contribution >= 4 is 0 Å². The molecule has 0 saturated carbocycles. The van der Waals surface area contributed by atoms with Crippen LogP contribution in [-0.2, 0) is 4.74 Å². The van der Waals surface area contributed by atoms with Gasteiger partial charge in [0.15, 0.2) is 0 Å². The summed E-state index contributed by atoms with van der Waals surface area (Å²) in [7, 11) is 0. The molecule has 0 aromatic carbocycles. The highest BCUT2D eigenvalue weighted by atomic mass is 16.5. The lowest BCUT2D eigenvalue weighted by Gasteiger charge is -2.28. The zero-order valence-electron chi connectivity index (χ0n) is 10.8. The van der Waals surface area contributed by atoms with Crippen molar-refractivity contribution in [3.63, 3.8) is 0 Å². The summed E-state index contributed by atoms with van der Waals surface area (Å²) in [6, 6.07) is 0. The van der Waals surface area contributed by atoms with Crippen LogP contribution in [0.1, 0.15) is 52.4 Å². The molecule has 4 unspecified atom stereocenters. The molecular formula is C15H26O. The number of allylic oxidation sites excluding steroid dienone is 2. The Balaban J connectivity index is 1.66. The minimum atomic E-state index is 0.506. The first-order valence-electron chi connectivity index (χ1n) is 7.04. The second-order valence-corrected chi connectivity index (χ2v) is 5.86. The van der Waals surface area contributed by atoms with E-state index in [-0.39, 0.29) is 0 Å². The van der Waals surface area contributed by atoms with Gasteiger partial charge in [0.1, 0.15) is 0 Å². The smallest absolute Gasteiger partial charge is 0.0547 e. The predicted molar refractivity (Wildman–Crippen MR) is 68.4 cm³/mol. The van der Waals surface area contributed by atoms with Crippen molar-refractivity contribution in [2.24, 2.45) is 17.8 Å². The normalized spacial score (nSPS) is 39.9. The van der Waals surface area contributed by atoms with E-state index in [9.17, 15) is 0 Å². The Morgan fingerprint density at radius 1 is 1.00 bits per heavy atom. The van der Waals surface area contributed by atoms with Crippen LogP contribution in [0.2, 0.25) is 0 Å². The van der Waals surface area contributed by atoms with Crippen molar-refractivity contribution in [1.82, 2.24) is 0 Å². The molecule has 0 amide bonds. The third-order valence-electron chi connectivity index (χ3n) is 4.25. The zero-order valence-corrected chi connectivity index (χ0v) is 10.8. The summed E-state index contributed by atoms with van der Waals surface area (Å²) in [5, 5.41) is 0. The van der Waals surface area contributed by atoms with Crippen LogP contribution in [0.3, 0.4) is 0 Å². The van der Waals surface area contributed by atoms with Gasteiger partial charge < -0.3 is 4.74 Å². The second kappa shape index (κ2) is 5.86. The average Bonchev–Trinajstić information content (AvgIpc) is 2.30. The largest absolute Gasteiger partial charge is 0.378 e. The number of hydrogen-bond donors (Lipinski definition) is 0. The zero-order chi connectivity index (χ0) is 11.4. The molecule has 4 atom stereocenters. The molecule has 1 heterocycles. The molecule has 1 aliphatic carbocycles.